The van der Waals surface area contributed by atoms with Crippen LogP contribution in [-0.4, -0.2) is 37.0 Å². The zero-order valence-corrected chi connectivity index (χ0v) is 37.7. The molecule has 0 aliphatic heterocycles. The molecule has 4 nitrogen and oxygen atoms in total. The summed E-state index contributed by atoms with van der Waals surface area (Å²) in [5.41, 5.74) is 0. The molecule has 0 bridgehead atoms. The van der Waals surface area contributed by atoms with E-state index >= 15 is 0 Å². The van der Waals surface area contributed by atoms with Crippen molar-refractivity contribution in [2.24, 2.45) is 0 Å². The van der Waals surface area contributed by atoms with Crippen LogP contribution in [0.3, 0.4) is 0 Å². The summed E-state index contributed by atoms with van der Waals surface area (Å²) < 4.78 is 11.2. The Morgan fingerprint density at radius 1 is 0.418 bits per heavy atom. The van der Waals surface area contributed by atoms with Crippen LogP contribution in [0.4, 0.5) is 0 Å². The Labute approximate surface area is 345 Å². The van der Waals surface area contributed by atoms with Crippen LogP contribution in [0.1, 0.15) is 284 Å². The fraction of sp³-hybridized carbons (Fsp3) is 0.941. The molecule has 4 heteroatoms. The van der Waals surface area contributed by atoms with E-state index in [0.717, 1.165) is 19.3 Å². The lowest BCUT2D eigenvalue weighted by molar-refractivity contribution is -0.154. The normalized spacial score (nSPS) is 12.3. The number of rotatable bonds is 48. The highest BCUT2D eigenvalue weighted by atomic mass is 16.6. The van der Waals surface area contributed by atoms with Gasteiger partial charge in [0.1, 0.15) is 6.10 Å². The fourth-order valence-electron chi connectivity index (χ4n) is 7.80. The number of allylic oxidation sites excluding steroid dienone is 2. The molecular weight excluding hydrogens is 677 g/mol. The standard InChI is InChI=1S/C51H100O4/c1-3-5-7-9-11-13-15-17-19-21-23-24-25-26-27-28-29-31-33-35-37-39-41-43-45-47-54-49-50(48-52)55-51(53)46-44-42-40-38-36-34-32-30-22-20-18-16-14-12-10-8-6-4-2/h20,22,50,52H,3-19,21,23-49H2,1-2H3/b22-20-. The summed E-state index contributed by atoms with van der Waals surface area (Å²) in [5.74, 6) is -0.198. The lowest BCUT2D eigenvalue weighted by Crippen LogP contribution is -2.27. The largest absolute Gasteiger partial charge is 0.457 e. The summed E-state index contributed by atoms with van der Waals surface area (Å²) in [4.78, 5) is 12.2. The number of hydrogen-bond acceptors (Lipinski definition) is 4. The molecular formula is C51H100O4. The zero-order valence-electron chi connectivity index (χ0n) is 37.7. The molecule has 0 rings (SSSR count). The minimum absolute atomic E-state index is 0.167. The smallest absolute Gasteiger partial charge is 0.306 e. The highest BCUT2D eigenvalue weighted by molar-refractivity contribution is 5.69. The van der Waals surface area contributed by atoms with Crippen molar-refractivity contribution in [2.75, 3.05) is 19.8 Å². The van der Waals surface area contributed by atoms with Crippen LogP contribution in [0.25, 0.3) is 0 Å². The van der Waals surface area contributed by atoms with Gasteiger partial charge in [-0.3, -0.25) is 4.79 Å². The maximum Gasteiger partial charge on any atom is 0.306 e. The van der Waals surface area contributed by atoms with Crippen molar-refractivity contribution in [1.29, 1.82) is 0 Å². The molecule has 0 spiro atoms. The van der Waals surface area contributed by atoms with Crippen LogP contribution in [0.15, 0.2) is 12.2 Å². The molecule has 0 amide bonds. The Bertz CT molecular complexity index is 736. The van der Waals surface area contributed by atoms with Crippen LogP contribution in [0, 0.1) is 0 Å². The Hall–Kier alpha value is -0.870. The summed E-state index contributed by atoms with van der Waals surface area (Å²) in [6.07, 6.45) is 60.2. The van der Waals surface area contributed by atoms with Gasteiger partial charge in [-0.25, -0.2) is 0 Å². The number of unbranched alkanes of at least 4 members (excludes halogenated alkanes) is 38. The number of aliphatic hydroxyl groups is 1. The van der Waals surface area contributed by atoms with E-state index in [1.165, 1.54) is 244 Å². The van der Waals surface area contributed by atoms with Crippen molar-refractivity contribution >= 4 is 5.97 Å². The third-order valence-electron chi connectivity index (χ3n) is 11.6. The lowest BCUT2D eigenvalue weighted by atomic mass is 10.0. The second-order valence-corrected chi connectivity index (χ2v) is 17.2. The molecule has 0 aromatic rings. The molecule has 0 aliphatic rings. The van der Waals surface area contributed by atoms with E-state index in [1.807, 2.05) is 0 Å². The summed E-state index contributed by atoms with van der Waals surface area (Å²) in [6.45, 7) is 5.40. The maximum atomic E-state index is 12.2. The third-order valence-corrected chi connectivity index (χ3v) is 11.6. The van der Waals surface area contributed by atoms with Gasteiger partial charge in [0.2, 0.25) is 0 Å². The quantitative estimate of drug-likeness (QED) is 0.0380. The van der Waals surface area contributed by atoms with Crippen molar-refractivity contribution in [1.82, 2.24) is 0 Å². The van der Waals surface area contributed by atoms with Gasteiger partial charge < -0.3 is 14.6 Å². The third kappa shape index (κ3) is 47.4. The van der Waals surface area contributed by atoms with Gasteiger partial charge in [-0.05, 0) is 38.5 Å². The zero-order chi connectivity index (χ0) is 39.8. The molecule has 55 heavy (non-hydrogen) atoms. The van der Waals surface area contributed by atoms with Crippen LogP contribution in [0.2, 0.25) is 0 Å². The number of carbonyl (C=O) groups is 1. The van der Waals surface area contributed by atoms with Gasteiger partial charge >= 0.3 is 5.97 Å². The van der Waals surface area contributed by atoms with Crippen LogP contribution >= 0.6 is 0 Å². The van der Waals surface area contributed by atoms with E-state index < -0.39 is 6.10 Å². The van der Waals surface area contributed by atoms with Crippen molar-refractivity contribution in [3.8, 4) is 0 Å². The van der Waals surface area contributed by atoms with Gasteiger partial charge in [0, 0.05) is 13.0 Å². The molecule has 0 radical (unpaired) electrons. The number of esters is 1. The first-order valence-electron chi connectivity index (χ1n) is 25.3. The maximum absolute atomic E-state index is 12.2. The molecule has 0 heterocycles. The number of hydrogen-bond donors (Lipinski definition) is 1. The first-order chi connectivity index (χ1) is 27.2. The van der Waals surface area contributed by atoms with Gasteiger partial charge in [-0.1, -0.05) is 251 Å². The van der Waals surface area contributed by atoms with Crippen molar-refractivity contribution in [3.05, 3.63) is 12.2 Å². The Morgan fingerprint density at radius 2 is 0.709 bits per heavy atom. The molecule has 0 aromatic heterocycles. The van der Waals surface area contributed by atoms with E-state index in [9.17, 15) is 9.90 Å². The molecule has 0 saturated heterocycles. The highest BCUT2D eigenvalue weighted by Crippen LogP contribution is 2.17. The van der Waals surface area contributed by atoms with Crippen molar-refractivity contribution < 1.29 is 19.4 Å². The number of ether oxygens (including phenoxy) is 2. The SMILES string of the molecule is CCCCCCCCC/C=C\CCCCCCCCCC(=O)OC(CO)COCCCCCCCCCCCCCCCCCCCCCCCCCCC. The lowest BCUT2D eigenvalue weighted by Gasteiger charge is -2.16. The summed E-state index contributed by atoms with van der Waals surface area (Å²) in [6, 6.07) is 0. The molecule has 328 valence electrons. The Balaban J connectivity index is 3.34. The first-order valence-corrected chi connectivity index (χ1v) is 25.3. The molecule has 1 atom stereocenters. The van der Waals surface area contributed by atoms with Crippen LogP contribution < -0.4 is 0 Å². The summed E-state index contributed by atoms with van der Waals surface area (Å²) >= 11 is 0. The fourth-order valence-corrected chi connectivity index (χ4v) is 7.80. The molecule has 0 aliphatic carbocycles. The van der Waals surface area contributed by atoms with E-state index in [2.05, 4.69) is 26.0 Å². The first kappa shape index (κ1) is 54.1. The molecule has 0 fully saturated rings. The van der Waals surface area contributed by atoms with Gasteiger partial charge in [0.05, 0.1) is 13.2 Å². The Morgan fingerprint density at radius 3 is 1.04 bits per heavy atom. The molecule has 0 aromatic carbocycles. The van der Waals surface area contributed by atoms with E-state index in [0.29, 0.717) is 19.6 Å². The van der Waals surface area contributed by atoms with Crippen molar-refractivity contribution in [3.63, 3.8) is 0 Å². The predicted molar refractivity (Wildman–Crippen MR) is 242 cm³/mol. The second kappa shape index (κ2) is 49.3. The summed E-state index contributed by atoms with van der Waals surface area (Å²) in [7, 11) is 0. The average Bonchev–Trinajstić information content (AvgIpc) is 3.19. The number of carbonyl (C=O) groups excluding carboxylic acids is 1. The van der Waals surface area contributed by atoms with Crippen molar-refractivity contribution in [2.45, 2.75) is 290 Å². The highest BCUT2D eigenvalue weighted by Gasteiger charge is 2.13. The average molecular weight is 777 g/mol. The molecule has 0 saturated carbocycles. The van der Waals surface area contributed by atoms with Gasteiger partial charge in [0.15, 0.2) is 0 Å². The Kier molecular flexibility index (Phi) is 48.5. The number of aliphatic hydroxyl groups excluding tert-OH is 1. The molecule has 1 unspecified atom stereocenters. The van der Waals surface area contributed by atoms with Gasteiger partial charge in [0.25, 0.3) is 0 Å². The van der Waals surface area contributed by atoms with E-state index in [1.54, 1.807) is 0 Å². The monoisotopic (exact) mass is 777 g/mol. The van der Waals surface area contributed by atoms with Crippen LogP contribution in [-0.2, 0) is 14.3 Å². The predicted octanol–water partition coefficient (Wildman–Crippen LogP) is 16.9. The van der Waals surface area contributed by atoms with Gasteiger partial charge in [-0.2, -0.15) is 0 Å². The topological polar surface area (TPSA) is 55.8 Å². The van der Waals surface area contributed by atoms with Crippen LogP contribution in [0.5, 0.6) is 0 Å². The van der Waals surface area contributed by atoms with E-state index in [-0.39, 0.29) is 12.6 Å². The minimum Gasteiger partial charge on any atom is -0.457 e. The summed E-state index contributed by atoms with van der Waals surface area (Å²) in [5, 5.41) is 9.64. The van der Waals surface area contributed by atoms with Gasteiger partial charge in [-0.15, -0.1) is 0 Å². The molecule has 1 N–H and O–H groups in total. The minimum atomic E-state index is -0.531. The second-order valence-electron chi connectivity index (χ2n) is 17.2. The van der Waals surface area contributed by atoms with E-state index in [4.69, 9.17) is 9.47 Å².